The third kappa shape index (κ3) is 3.30. The fourth-order valence-corrected chi connectivity index (χ4v) is 3.01. The van der Waals surface area contributed by atoms with Crippen molar-refractivity contribution < 1.29 is 9.59 Å². The van der Waals surface area contributed by atoms with Gasteiger partial charge in [0.15, 0.2) is 0 Å². The van der Waals surface area contributed by atoms with Crippen LogP contribution in [-0.4, -0.2) is 16.4 Å². The molecule has 0 radical (unpaired) electrons. The van der Waals surface area contributed by atoms with Gasteiger partial charge in [0.2, 0.25) is 11.8 Å². The standard InChI is InChI=1S/C20H17N3O2/c24-19(11-14-6-7-15-12-20(25)22-18(15)10-14)21-16-4-3-5-17(13-16)23-8-1-2-9-23/h1-10,13H,11-12H2,(H,21,24)(H,22,25). The second-order valence-corrected chi connectivity index (χ2v) is 6.08. The summed E-state index contributed by atoms with van der Waals surface area (Å²) in [6.45, 7) is 0. The van der Waals surface area contributed by atoms with Crippen molar-refractivity contribution in [3.8, 4) is 5.69 Å². The molecule has 0 saturated heterocycles. The van der Waals surface area contributed by atoms with Crippen molar-refractivity contribution in [1.29, 1.82) is 0 Å². The average Bonchev–Trinajstić information content (AvgIpc) is 3.23. The first-order valence-electron chi connectivity index (χ1n) is 8.12. The van der Waals surface area contributed by atoms with Gasteiger partial charge >= 0.3 is 0 Å². The van der Waals surface area contributed by atoms with Crippen LogP contribution in [-0.2, 0) is 22.4 Å². The van der Waals surface area contributed by atoms with Crippen LogP contribution in [0.3, 0.4) is 0 Å². The van der Waals surface area contributed by atoms with Crippen LogP contribution in [0.2, 0.25) is 0 Å². The molecule has 5 heteroatoms. The Hall–Kier alpha value is -3.34. The van der Waals surface area contributed by atoms with Gasteiger partial charge in [-0.3, -0.25) is 9.59 Å². The van der Waals surface area contributed by atoms with Gasteiger partial charge in [0, 0.05) is 29.5 Å². The Morgan fingerprint density at radius 1 is 1.08 bits per heavy atom. The van der Waals surface area contributed by atoms with E-state index in [1.165, 1.54) is 0 Å². The number of carbonyl (C=O) groups excluding carboxylic acids is 2. The lowest BCUT2D eigenvalue weighted by Crippen LogP contribution is -2.14. The van der Waals surface area contributed by atoms with E-state index >= 15 is 0 Å². The second kappa shape index (κ2) is 6.28. The van der Waals surface area contributed by atoms with Crippen LogP contribution in [0.4, 0.5) is 11.4 Å². The monoisotopic (exact) mass is 331 g/mol. The fraction of sp³-hybridized carbons (Fsp3) is 0.100. The molecule has 25 heavy (non-hydrogen) atoms. The number of nitrogens with one attached hydrogen (secondary N) is 2. The fourth-order valence-electron chi connectivity index (χ4n) is 3.01. The minimum atomic E-state index is -0.0890. The molecule has 2 aromatic carbocycles. The highest BCUT2D eigenvalue weighted by molar-refractivity contribution is 5.99. The Kier molecular flexibility index (Phi) is 3.82. The van der Waals surface area contributed by atoms with Crippen LogP contribution in [0.5, 0.6) is 0 Å². The minimum Gasteiger partial charge on any atom is -0.326 e. The predicted octanol–water partition coefficient (Wildman–Crippen LogP) is 3.15. The van der Waals surface area contributed by atoms with E-state index in [1.807, 2.05) is 71.6 Å². The highest BCUT2D eigenvalue weighted by atomic mass is 16.2. The first-order valence-corrected chi connectivity index (χ1v) is 8.12. The molecule has 1 aliphatic rings. The van der Waals surface area contributed by atoms with Gasteiger partial charge in [-0.25, -0.2) is 0 Å². The van der Waals surface area contributed by atoms with Gasteiger partial charge in [-0.05, 0) is 47.5 Å². The molecule has 2 heterocycles. The molecular weight excluding hydrogens is 314 g/mol. The van der Waals surface area contributed by atoms with Crippen molar-refractivity contribution in [2.24, 2.45) is 0 Å². The lowest BCUT2D eigenvalue weighted by atomic mass is 10.1. The smallest absolute Gasteiger partial charge is 0.228 e. The first-order chi connectivity index (χ1) is 12.2. The largest absolute Gasteiger partial charge is 0.326 e. The molecular formula is C20H17N3O2. The topological polar surface area (TPSA) is 63.1 Å². The maximum atomic E-state index is 12.3. The van der Waals surface area contributed by atoms with Gasteiger partial charge in [0.25, 0.3) is 0 Å². The predicted molar refractivity (Wildman–Crippen MR) is 96.9 cm³/mol. The normalized spacial score (nSPS) is 12.6. The van der Waals surface area contributed by atoms with Gasteiger partial charge in [0.05, 0.1) is 12.8 Å². The maximum absolute atomic E-state index is 12.3. The summed E-state index contributed by atoms with van der Waals surface area (Å²) in [5, 5.41) is 5.74. The molecule has 3 aromatic rings. The number of hydrogen-bond acceptors (Lipinski definition) is 2. The molecule has 0 unspecified atom stereocenters. The second-order valence-electron chi connectivity index (χ2n) is 6.08. The molecule has 124 valence electrons. The van der Waals surface area contributed by atoms with Crippen molar-refractivity contribution in [1.82, 2.24) is 4.57 Å². The third-order valence-electron chi connectivity index (χ3n) is 4.20. The van der Waals surface area contributed by atoms with E-state index in [0.29, 0.717) is 6.42 Å². The van der Waals surface area contributed by atoms with E-state index in [4.69, 9.17) is 0 Å². The highest BCUT2D eigenvalue weighted by Crippen LogP contribution is 2.24. The number of nitrogens with zero attached hydrogens (tertiary/aromatic N) is 1. The molecule has 4 rings (SSSR count). The molecule has 2 amide bonds. The number of amides is 2. The first kappa shape index (κ1) is 15.2. The number of anilines is 2. The number of carbonyl (C=O) groups is 2. The van der Waals surface area contributed by atoms with Crippen LogP contribution in [0, 0.1) is 0 Å². The van der Waals surface area contributed by atoms with Gasteiger partial charge < -0.3 is 15.2 Å². The molecule has 1 aliphatic heterocycles. The Morgan fingerprint density at radius 3 is 2.76 bits per heavy atom. The molecule has 0 bridgehead atoms. The molecule has 5 nitrogen and oxygen atoms in total. The molecule has 1 aromatic heterocycles. The third-order valence-corrected chi connectivity index (χ3v) is 4.20. The Balaban J connectivity index is 1.45. The number of fused-ring (bicyclic) bond motifs is 1. The van der Waals surface area contributed by atoms with Gasteiger partial charge in [0.1, 0.15) is 0 Å². The van der Waals surface area contributed by atoms with Gasteiger partial charge in [-0.2, -0.15) is 0 Å². The lowest BCUT2D eigenvalue weighted by Gasteiger charge is -2.09. The zero-order valence-electron chi connectivity index (χ0n) is 13.5. The van der Waals surface area contributed by atoms with Gasteiger partial charge in [-0.1, -0.05) is 18.2 Å². The summed E-state index contributed by atoms with van der Waals surface area (Å²) in [6.07, 6.45) is 4.59. The maximum Gasteiger partial charge on any atom is 0.228 e. The zero-order valence-corrected chi connectivity index (χ0v) is 13.5. The van der Waals surface area contributed by atoms with E-state index in [0.717, 1.165) is 28.2 Å². The molecule has 0 saturated carbocycles. The van der Waals surface area contributed by atoms with E-state index < -0.39 is 0 Å². The summed E-state index contributed by atoms with van der Waals surface area (Å²) >= 11 is 0. The summed E-state index contributed by atoms with van der Waals surface area (Å²) in [4.78, 5) is 23.8. The van der Waals surface area contributed by atoms with Crippen LogP contribution in [0.1, 0.15) is 11.1 Å². The average molecular weight is 331 g/mol. The summed E-state index contributed by atoms with van der Waals surface area (Å²) in [6, 6.07) is 17.3. The van der Waals surface area contributed by atoms with E-state index in [1.54, 1.807) is 0 Å². The Bertz CT molecular complexity index is 945. The van der Waals surface area contributed by atoms with E-state index in [2.05, 4.69) is 10.6 Å². The van der Waals surface area contributed by atoms with E-state index in [9.17, 15) is 9.59 Å². The number of aromatic nitrogens is 1. The van der Waals surface area contributed by atoms with E-state index in [-0.39, 0.29) is 18.2 Å². The van der Waals surface area contributed by atoms with Crippen molar-refractivity contribution in [3.63, 3.8) is 0 Å². The van der Waals surface area contributed by atoms with Crippen molar-refractivity contribution >= 4 is 23.2 Å². The van der Waals surface area contributed by atoms with Crippen LogP contribution in [0.15, 0.2) is 67.0 Å². The molecule has 0 atom stereocenters. The minimum absolute atomic E-state index is 0.00146. The quantitative estimate of drug-likeness (QED) is 0.771. The van der Waals surface area contributed by atoms with Crippen molar-refractivity contribution in [2.45, 2.75) is 12.8 Å². The molecule has 0 fully saturated rings. The van der Waals surface area contributed by atoms with Crippen molar-refractivity contribution in [2.75, 3.05) is 10.6 Å². The highest BCUT2D eigenvalue weighted by Gasteiger charge is 2.18. The molecule has 2 N–H and O–H groups in total. The van der Waals surface area contributed by atoms with Crippen LogP contribution in [0.25, 0.3) is 5.69 Å². The number of rotatable bonds is 4. The number of hydrogen-bond donors (Lipinski definition) is 2. The Labute approximate surface area is 145 Å². The zero-order chi connectivity index (χ0) is 17.2. The lowest BCUT2D eigenvalue weighted by molar-refractivity contribution is -0.116. The van der Waals surface area contributed by atoms with Crippen molar-refractivity contribution in [3.05, 3.63) is 78.1 Å². The number of benzene rings is 2. The molecule has 0 spiro atoms. The summed E-state index contributed by atoms with van der Waals surface area (Å²) in [5.41, 5.74) is 4.41. The molecule has 0 aliphatic carbocycles. The summed E-state index contributed by atoms with van der Waals surface area (Å²) in [5.74, 6) is -0.0904. The van der Waals surface area contributed by atoms with Gasteiger partial charge in [-0.15, -0.1) is 0 Å². The summed E-state index contributed by atoms with van der Waals surface area (Å²) in [7, 11) is 0. The van der Waals surface area contributed by atoms with Crippen LogP contribution >= 0.6 is 0 Å². The Morgan fingerprint density at radius 2 is 1.92 bits per heavy atom. The summed E-state index contributed by atoms with van der Waals surface area (Å²) < 4.78 is 1.98. The van der Waals surface area contributed by atoms with Crippen LogP contribution < -0.4 is 10.6 Å². The SMILES string of the molecule is O=C(Cc1ccc2c(c1)NC(=O)C2)Nc1cccc(-n2cccc2)c1.